The van der Waals surface area contributed by atoms with Crippen LogP contribution in [0.4, 0.5) is 10.3 Å². The number of hydrogen-bond acceptors (Lipinski definition) is 4. The van der Waals surface area contributed by atoms with Crippen LogP contribution in [0.15, 0.2) is 24.5 Å². The molecule has 0 saturated carbocycles. The number of amides is 1. The summed E-state index contributed by atoms with van der Waals surface area (Å²) in [6.07, 6.45) is 3.71. The Morgan fingerprint density at radius 3 is 2.88 bits per heavy atom. The molecule has 0 aliphatic carbocycles. The molecule has 0 radical (unpaired) electrons. The normalized spacial score (nSPS) is 17.4. The molecule has 25 heavy (non-hydrogen) atoms. The maximum Gasteiger partial charge on any atom is 0.230 e. The van der Waals surface area contributed by atoms with E-state index in [-0.39, 0.29) is 24.1 Å². The second-order valence-electron chi connectivity index (χ2n) is 5.93. The smallest absolute Gasteiger partial charge is 0.230 e. The zero-order chi connectivity index (χ0) is 18.0. The Morgan fingerprint density at radius 2 is 2.20 bits per heavy atom. The predicted octanol–water partition coefficient (Wildman–Crippen LogP) is 1.70. The standard InChI is InChI=1S/C17H21FN3O3P/c1-23-6-5-20-4-3-19-17(20)21-10-11(7-15(21)22)16-13(18)8-12(24-2)9-14(16)25/h3-4,8-9,11H,5-7,10,25H2,1-2H3/t11-/m0/s1. The van der Waals surface area contributed by atoms with Crippen LogP contribution in [0.25, 0.3) is 0 Å². The molecule has 1 aliphatic rings. The van der Waals surface area contributed by atoms with Crippen molar-refractivity contribution in [3.8, 4) is 5.75 Å². The van der Waals surface area contributed by atoms with Crippen LogP contribution in [0.5, 0.6) is 5.75 Å². The SMILES string of the molecule is COCCn1ccnc1N1C[C@@H](c2c(F)cc(OC)cc2P)CC1=O. The van der Waals surface area contributed by atoms with Crippen molar-refractivity contribution in [1.29, 1.82) is 0 Å². The average Bonchev–Trinajstić information content (AvgIpc) is 3.18. The van der Waals surface area contributed by atoms with Gasteiger partial charge in [0.2, 0.25) is 11.9 Å². The molecule has 8 heteroatoms. The van der Waals surface area contributed by atoms with E-state index in [1.54, 1.807) is 24.3 Å². The molecule has 0 bridgehead atoms. The number of methoxy groups -OCH3 is 2. The first-order valence-corrected chi connectivity index (χ1v) is 8.56. The molecule has 134 valence electrons. The highest BCUT2D eigenvalue weighted by Crippen LogP contribution is 2.33. The van der Waals surface area contributed by atoms with Gasteiger partial charge in [-0.3, -0.25) is 9.69 Å². The molecule has 1 saturated heterocycles. The minimum absolute atomic E-state index is 0.0607. The summed E-state index contributed by atoms with van der Waals surface area (Å²) in [5, 5.41) is 0.708. The number of imidazole rings is 1. The predicted molar refractivity (Wildman–Crippen MR) is 96.1 cm³/mol. The molecule has 0 spiro atoms. The number of rotatable bonds is 6. The van der Waals surface area contributed by atoms with Gasteiger partial charge in [-0.25, -0.2) is 9.37 Å². The lowest BCUT2D eigenvalue weighted by Crippen LogP contribution is -2.28. The highest BCUT2D eigenvalue weighted by atomic mass is 31.0. The van der Waals surface area contributed by atoms with Gasteiger partial charge in [-0.2, -0.15) is 0 Å². The summed E-state index contributed by atoms with van der Waals surface area (Å²) >= 11 is 0. The molecule has 1 aromatic carbocycles. The van der Waals surface area contributed by atoms with Gasteiger partial charge in [-0.1, -0.05) is 0 Å². The summed E-state index contributed by atoms with van der Waals surface area (Å²) in [6, 6.07) is 3.12. The molecule has 6 nitrogen and oxygen atoms in total. The van der Waals surface area contributed by atoms with Crippen LogP contribution < -0.4 is 14.9 Å². The fraction of sp³-hybridized carbons (Fsp3) is 0.412. The number of nitrogens with zero attached hydrogens (tertiary/aromatic N) is 3. The van der Waals surface area contributed by atoms with Gasteiger partial charge in [0, 0.05) is 56.6 Å². The molecule has 1 unspecified atom stereocenters. The van der Waals surface area contributed by atoms with Gasteiger partial charge in [0.25, 0.3) is 0 Å². The lowest BCUT2D eigenvalue weighted by Gasteiger charge is -2.19. The minimum atomic E-state index is -0.355. The highest BCUT2D eigenvalue weighted by molar-refractivity contribution is 7.27. The van der Waals surface area contributed by atoms with Crippen LogP contribution in [-0.4, -0.2) is 42.8 Å². The van der Waals surface area contributed by atoms with Crippen LogP contribution in [-0.2, 0) is 16.1 Å². The molecular formula is C17H21FN3O3P. The number of carbonyl (C=O) groups excluding carboxylic acids is 1. The molecule has 2 atom stereocenters. The summed E-state index contributed by atoms with van der Waals surface area (Å²) in [4.78, 5) is 18.4. The minimum Gasteiger partial charge on any atom is -0.497 e. The molecule has 1 aromatic heterocycles. The third-order valence-corrected chi connectivity index (χ3v) is 4.85. The molecule has 1 amide bonds. The van der Waals surface area contributed by atoms with E-state index in [9.17, 15) is 9.18 Å². The maximum atomic E-state index is 14.5. The lowest BCUT2D eigenvalue weighted by molar-refractivity contribution is -0.117. The third-order valence-electron chi connectivity index (χ3n) is 4.38. The van der Waals surface area contributed by atoms with Crippen molar-refractivity contribution in [2.24, 2.45) is 0 Å². The van der Waals surface area contributed by atoms with Crippen molar-refractivity contribution in [1.82, 2.24) is 9.55 Å². The number of aromatic nitrogens is 2. The number of carbonyl (C=O) groups is 1. The molecule has 1 aliphatic heterocycles. The Labute approximate surface area is 148 Å². The Balaban J connectivity index is 1.85. The van der Waals surface area contributed by atoms with E-state index in [2.05, 4.69) is 14.2 Å². The van der Waals surface area contributed by atoms with Crippen molar-refractivity contribution in [3.63, 3.8) is 0 Å². The van der Waals surface area contributed by atoms with E-state index in [1.807, 2.05) is 10.8 Å². The van der Waals surface area contributed by atoms with Gasteiger partial charge in [0.05, 0.1) is 13.7 Å². The lowest BCUT2D eigenvalue weighted by atomic mass is 9.97. The van der Waals surface area contributed by atoms with Crippen LogP contribution in [0, 0.1) is 5.82 Å². The molecule has 2 heterocycles. The monoisotopic (exact) mass is 365 g/mol. The zero-order valence-electron chi connectivity index (χ0n) is 14.2. The van der Waals surface area contributed by atoms with Crippen molar-refractivity contribution in [2.45, 2.75) is 18.9 Å². The Morgan fingerprint density at radius 1 is 1.40 bits per heavy atom. The summed E-state index contributed by atoms with van der Waals surface area (Å²) in [6.45, 7) is 1.53. The van der Waals surface area contributed by atoms with E-state index in [4.69, 9.17) is 9.47 Å². The molecule has 3 rings (SSSR count). The van der Waals surface area contributed by atoms with E-state index in [0.29, 0.717) is 42.3 Å². The Hall–Kier alpha value is -1.98. The second-order valence-corrected chi connectivity index (χ2v) is 6.55. The quantitative estimate of drug-likeness (QED) is 0.732. The number of anilines is 1. The number of benzene rings is 1. The van der Waals surface area contributed by atoms with Crippen LogP contribution in [0.2, 0.25) is 0 Å². The first-order valence-electron chi connectivity index (χ1n) is 7.98. The summed E-state index contributed by atoms with van der Waals surface area (Å²) < 4.78 is 26.6. The van der Waals surface area contributed by atoms with Crippen LogP contribution in [0.1, 0.15) is 17.9 Å². The van der Waals surface area contributed by atoms with Crippen LogP contribution >= 0.6 is 9.24 Å². The first-order chi connectivity index (χ1) is 12.0. The van der Waals surface area contributed by atoms with Gasteiger partial charge in [-0.05, 0) is 11.4 Å². The number of ether oxygens (including phenoxy) is 2. The fourth-order valence-corrected chi connectivity index (χ4v) is 3.70. The van der Waals surface area contributed by atoms with Crippen molar-refractivity contribution in [3.05, 3.63) is 35.9 Å². The van der Waals surface area contributed by atoms with Crippen molar-refractivity contribution >= 4 is 26.4 Å². The number of hydrogen-bond donors (Lipinski definition) is 0. The number of halogens is 1. The van der Waals surface area contributed by atoms with E-state index >= 15 is 0 Å². The van der Waals surface area contributed by atoms with E-state index in [0.717, 1.165) is 0 Å². The Kier molecular flexibility index (Phi) is 5.35. The van der Waals surface area contributed by atoms with E-state index in [1.165, 1.54) is 13.2 Å². The van der Waals surface area contributed by atoms with Gasteiger partial charge < -0.3 is 14.0 Å². The topological polar surface area (TPSA) is 56.6 Å². The molecular weight excluding hydrogens is 344 g/mol. The van der Waals surface area contributed by atoms with E-state index < -0.39 is 0 Å². The van der Waals surface area contributed by atoms with Gasteiger partial charge >= 0.3 is 0 Å². The zero-order valence-corrected chi connectivity index (χ0v) is 15.4. The third kappa shape index (κ3) is 3.53. The molecule has 1 fully saturated rings. The highest BCUT2D eigenvalue weighted by Gasteiger charge is 2.36. The fourth-order valence-electron chi connectivity index (χ4n) is 3.17. The largest absolute Gasteiger partial charge is 0.497 e. The summed E-state index contributed by atoms with van der Waals surface area (Å²) in [5.74, 6) is 0.394. The molecule has 0 N–H and O–H groups in total. The van der Waals surface area contributed by atoms with Crippen LogP contribution in [0.3, 0.4) is 0 Å². The van der Waals surface area contributed by atoms with Gasteiger partial charge in [-0.15, -0.1) is 9.24 Å². The van der Waals surface area contributed by atoms with Crippen molar-refractivity contribution in [2.75, 3.05) is 32.3 Å². The first kappa shape index (κ1) is 17.8. The molecule has 2 aromatic rings. The maximum absolute atomic E-state index is 14.5. The second kappa shape index (κ2) is 7.50. The van der Waals surface area contributed by atoms with Gasteiger partial charge in [0.15, 0.2) is 0 Å². The average molecular weight is 365 g/mol. The van der Waals surface area contributed by atoms with Gasteiger partial charge in [0.1, 0.15) is 11.6 Å². The van der Waals surface area contributed by atoms with Crippen molar-refractivity contribution < 1.29 is 18.7 Å². The Bertz CT molecular complexity index is 757. The summed E-state index contributed by atoms with van der Waals surface area (Å²) in [7, 11) is 5.66. The summed E-state index contributed by atoms with van der Waals surface area (Å²) in [5.41, 5.74) is 0.539.